The van der Waals surface area contributed by atoms with Crippen LogP contribution in [0.2, 0.25) is 0 Å². The van der Waals surface area contributed by atoms with E-state index in [2.05, 4.69) is 6.07 Å². The first kappa shape index (κ1) is 10.4. The first-order chi connectivity index (χ1) is 7.70. The summed E-state index contributed by atoms with van der Waals surface area (Å²) in [5, 5.41) is 19.2. The van der Waals surface area contributed by atoms with Gasteiger partial charge in [-0.2, -0.15) is 5.26 Å². The van der Waals surface area contributed by atoms with Crippen molar-refractivity contribution in [1.29, 1.82) is 5.26 Å². The first-order valence-corrected chi connectivity index (χ1v) is 5.41. The molecule has 78 valence electrons. The molecule has 1 N–H and O–H groups in total. The molecule has 1 aromatic heterocycles. The van der Waals surface area contributed by atoms with Gasteiger partial charge in [-0.15, -0.1) is 11.3 Å². The molecule has 0 atom stereocenters. The van der Waals surface area contributed by atoms with Crippen LogP contribution < -0.4 is 0 Å². The Morgan fingerprint density at radius 1 is 1.38 bits per heavy atom. The number of thiophene rings is 1. The van der Waals surface area contributed by atoms with Crippen LogP contribution in [0.5, 0.6) is 0 Å². The summed E-state index contributed by atoms with van der Waals surface area (Å²) in [5.74, 6) is -0.932. The molecular formula is C12H7NO2S. The van der Waals surface area contributed by atoms with Gasteiger partial charge in [-0.1, -0.05) is 12.1 Å². The van der Waals surface area contributed by atoms with Gasteiger partial charge in [0.15, 0.2) is 0 Å². The lowest BCUT2D eigenvalue weighted by molar-refractivity contribution is 0.0697. The molecule has 0 bridgehead atoms. The molecule has 0 unspecified atom stereocenters. The average Bonchev–Trinajstić information content (AvgIpc) is 2.78. The highest BCUT2D eigenvalue weighted by atomic mass is 32.1. The maximum absolute atomic E-state index is 10.7. The van der Waals surface area contributed by atoms with Gasteiger partial charge >= 0.3 is 5.97 Å². The largest absolute Gasteiger partial charge is 0.478 e. The van der Waals surface area contributed by atoms with E-state index in [1.165, 1.54) is 11.3 Å². The smallest absolute Gasteiger partial charge is 0.336 e. The second kappa shape index (κ2) is 4.17. The number of benzene rings is 1. The molecule has 4 heteroatoms. The van der Waals surface area contributed by atoms with Gasteiger partial charge in [-0.25, -0.2) is 4.79 Å². The fourth-order valence-corrected chi connectivity index (χ4v) is 2.22. The normalized spacial score (nSPS) is 9.69. The number of nitriles is 1. The molecule has 0 radical (unpaired) electrons. The predicted octanol–water partition coefficient (Wildman–Crippen LogP) is 2.98. The maximum Gasteiger partial charge on any atom is 0.336 e. The quantitative estimate of drug-likeness (QED) is 0.861. The Hall–Kier alpha value is -2.12. The third kappa shape index (κ3) is 1.95. The minimum absolute atomic E-state index is 0.280. The minimum atomic E-state index is -0.932. The zero-order chi connectivity index (χ0) is 11.5. The summed E-state index contributed by atoms with van der Waals surface area (Å²) in [5.41, 5.74) is 1.72. The van der Waals surface area contributed by atoms with Crippen LogP contribution in [0, 0.1) is 11.3 Å². The monoisotopic (exact) mass is 229 g/mol. The van der Waals surface area contributed by atoms with Crippen LogP contribution in [0.3, 0.4) is 0 Å². The zero-order valence-electron chi connectivity index (χ0n) is 8.18. The molecule has 0 spiro atoms. The van der Waals surface area contributed by atoms with E-state index in [-0.39, 0.29) is 5.56 Å². The van der Waals surface area contributed by atoms with Gasteiger partial charge in [0, 0.05) is 10.3 Å². The molecule has 1 heterocycles. The molecule has 2 rings (SSSR count). The molecule has 0 aliphatic heterocycles. The SMILES string of the molecule is N#Cc1cccc(-c2cc(C(=O)O)cs2)c1. The third-order valence-electron chi connectivity index (χ3n) is 2.12. The summed E-state index contributed by atoms with van der Waals surface area (Å²) in [4.78, 5) is 11.6. The van der Waals surface area contributed by atoms with Gasteiger partial charge in [0.05, 0.1) is 17.2 Å². The molecule has 0 saturated carbocycles. The Balaban J connectivity index is 2.43. The number of aromatic carboxylic acids is 1. The summed E-state index contributed by atoms with van der Waals surface area (Å²) >= 11 is 1.36. The van der Waals surface area contributed by atoms with E-state index in [0.717, 1.165) is 10.4 Å². The molecule has 2 aromatic rings. The van der Waals surface area contributed by atoms with Crippen LogP contribution in [-0.4, -0.2) is 11.1 Å². The fourth-order valence-electron chi connectivity index (χ4n) is 1.34. The van der Waals surface area contributed by atoms with E-state index in [1.807, 2.05) is 6.07 Å². The van der Waals surface area contributed by atoms with Crippen LogP contribution in [0.4, 0.5) is 0 Å². The van der Waals surface area contributed by atoms with Crippen molar-refractivity contribution >= 4 is 17.3 Å². The second-order valence-electron chi connectivity index (χ2n) is 3.20. The fraction of sp³-hybridized carbons (Fsp3) is 0. The molecule has 16 heavy (non-hydrogen) atoms. The molecule has 0 aliphatic carbocycles. The van der Waals surface area contributed by atoms with Gasteiger partial charge in [0.25, 0.3) is 0 Å². The second-order valence-corrected chi connectivity index (χ2v) is 4.11. The zero-order valence-corrected chi connectivity index (χ0v) is 8.99. The highest BCUT2D eigenvalue weighted by Gasteiger charge is 2.08. The Labute approximate surface area is 96.2 Å². The summed E-state index contributed by atoms with van der Waals surface area (Å²) in [6, 6.07) is 10.8. The highest BCUT2D eigenvalue weighted by Crippen LogP contribution is 2.27. The Morgan fingerprint density at radius 3 is 2.81 bits per heavy atom. The number of hydrogen-bond acceptors (Lipinski definition) is 3. The molecule has 3 nitrogen and oxygen atoms in total. The minimum Gasteiger partial charge on any atom is -0.478 e. The molecule has 0 saturated heterocycles. The van der Waals surface area contributed by atoms with Crippen LogP contribution in [0.1, 0.15) is 15.9 Å². The van der Waals surface area contributed by atoms with Crippen LogP contribution in [-0.2, 0) is 0 Å². The summed E-state index contributed by atoms with van der Waals surface area (Å²) < 4.78 is 0. The number of carbonyl (C=O) groups is 1. The van der Waals surface area contributed by atoms with Gasteiger partial charge in [-0.05, 0) is 23.8 Å². The molecule has 0 aliphatic rings. The molecule has 0 amide bonds. The predicted molar refractivity (Wildman–Crippen MR) is 61.4 cm³/mol. The Morgan fingerprint density at radius 2 is 2.19 bits per heavy atom. The molecular weight excluding hydrogens is 222 g/mol. The van der Waals surface area contributed by atoms with Crippen LogP contribution in [0.15, 0.2) is 35.7 Å². The highest BCUT2D eigenvalue weighted by molar-refractivity contribution is 7.13. The Kier molecular flexibility index (Phi) is 2.71. The summed E-state index contributed by atoms with van der Waals surface area (Å²) in [6.07, 6.45) is 0. The van der Waals surface area contributed by atoms with Crippen LogP contribution >= 0.6 is 11.3 Å². The number of hydrogen-bond donors (Lipinski definition) is 1. The van der Waals surface area contributed by atoms with Crippen molar-refractivity contribution in [2.45, 2.75) is 0 Å². The molecule has 1 aromatic carbocycles. The lowest BCUT2D eigenvalue weighted by Crippen LogP contribution is -1.91. The van der Waals surface area contributed by atoms with E-state index < -0.39 is 5.97 Å². The van der Waals surface area contributed by atoms with Crippen LogP contribution in [0.25, 0.3) is 10.4 Å². The van der Waals surface area contributed by atoms with E-state index in [9.17, 15) is 4.79 Å². The number of nitrogens with zero attached hydrogens (tertiary/aromatic N) is 1. The Bertz CT molecular complexity index is 581. The van der Waals surface area contributed by atoms with Crippen molar-refractivity contribution in [2.24, 2.45) is 0 Å². The maximum atomic E-state index is 10.7. The number of carboxylic acids is 1. The van der Waals surface area contributed by atoms with Crippen molar-refractivity contribution in [3.05, 3.63) is 46.8 Å². The van der Waals surface area contributed by atoms with Gasteiger partial charge < -0.3 is 5.11 Å². The van der Waals surface area contributed by atoms with Crippen molar-refractivity contribution < 1.29 is 9.90 Å². The standard InChI is InChI=1S/C12H7NO2S/c13-6-8-2-1-3-9(4-8)11-5-10(7-16-11)12(14)15/h1-5,7H,(H,14,15). The lowest BCUT2D eigenvalue weighted by atomic mass is 10.1. The van der Waals surface area contributed by atoms with Gasteiger partial charge in [-0.3, -0.25) is 0 Å². The van der Waals surface area contributed by atoms with Crippen molar-refractivity contribution in [3.8, 4) is 16.5 Å². The van der Waals surface area contributed by atoms with Crippen molar-refractivity contribution in [1.82, 2.24) is 0 Å². The van der Waals surface area contributed by atoms with Crippen molar-refractivity contribution in [2.75, 3.05) is 0 Å². The number of rotatable bonds is 2. The topological polar surface area (TPSA) is 61.1 Å². The first-order valence-electron chi connectivity index (χ1n) is 4.53. The third-order valence-corrected chi connectivity index (χ3v) is 3.10. The van der Waals surface area contributed by atoms with Gasteiger partial charge in [0.2, 0.25) is 0 Å². The lowest BCUT2D eigenvalue weighted by Gasteiger charge is -1.96. The van der Waals surface area contributed by atoms with E-state index in [1.54, 1.807) is 29.6 Å². The van der Waals surface area contributed by atoms with Crippen molar-refractivity contribution in [3.63, 3.8) is 0 Å². The number of carboxylic acid groups (broad SMARTS) is 1. The average molecular weight is 229 g/mol. The van der Waals surface area contributed by atoms with E-state index >= 15 is 0 Å². The summed E-state index contributed by atoms with van der Waals surface area (Å²) in [6.45, 7) is 0. The van der Waals surface area contributed by atoms with Gasteiger partial charge in [0.1, 0.15) is 0 Å². The van der Waals surface area contributed by atoms with E-state index in [0.29, 0.717) is 5.56 Å². The summed E-state index contributed by atoms with van der Waals surface area (Å²) in [7, 11) is 0. The molecule has 0 fully saturated rings. The van der Waals surface area contributed by atoms with E-state index in [4.69, 9.17) is 10.4 Å².